The fourth-order valence-corrected chi connectivity index (χ4v) is 2.42. The first-order valence-electron chi connectivity index (χ1n) is 5.67. The summed E-state index contributed by atoms with van der Waals surface area (Å²) in [5.74, 6) is 0.888. The van der Waals surface area contributed by atoms with Crippen LogP contribution in [0.1, 0.15) is 0 Å². The van der Waals surface area contributed by atoms with E-state index in [1.54, 1.807) is 12.4 Å². The number of likely N-dealkylation sites (N-methyl/N-ethyl adjacent to an activating group) is 1. The molecule has 2 aromatic rings. The van der Waals surface area contributed by atoms with Gasteiger partial charge in [-0.1, -0.05) is 0 Å². The third-order valence-corrected chi connectivity index (χ3v) is 3.69. The summed E-state index contributed by atoms with van der Waals surface area (Å²) in [6.45, 7) is 1.79. The van der Waals surface area contributed by atoms with Crippen LogP contribution >= 0.6 is 15.9 Å². The van der Waals surface area contributed by atoms with Crippen molar-refractivity contribution in [2.45, 2.75) is 0 Å². The average Bonchev–Trinajstić information content (AvgIpc) is 2.79. The molecular formula is C12H12BrN5. The highest BCUT2D eigenvalue weighted by Gasteiger charge is 2.14. The number of rotatable bonds is 1. The van der Waals surface area contributed by atoms with E-state index in [0.717, 1.165) is 40.2 Å². The van der Waals surface area contributed by atoms with E-state index < -0.39 is 0 Å². The number of nitrogens with one attached hydrogen (secondary N) is 1. The van der Waals surface area contributed by atoms with Gasteiger partial charge in [0.1, 0.15) is 5.52 Å². The Morgan fingerprint density at radius 1 is 1.28 bits per heavy atom. The number of hydrogen-bond acceptors (Lipinski definition) is 5. The van der Waals surface area contributed by atoms with Gasteiger partial charge in [0.25, 0.3) is 0 Å². The molecule has 0 fully saturated rings. The van der Waals surface area contributed by atoms with Gasteiger partial charge in [-0.15, -0.1) is 0 Å². The molecule has 0 bridgehead atoms. The second kappa shape index (κ2) is 4.53. The Morgan fingerprint density at radius 3 is 2.89 bits per heavy atom. The number of fused-ring (bicyclic) bond motifs is 1. The number of anilines is 1. The van der Waals surface area contributed by atoms with E-state index in [-0.39, 0.29) is 0 Å². The third kappa shape index (κ3) is 1.92. The van der Waals surface area contributed by atoms with E-state index in [2.05, 4.69) is 41.1 Å². The number of halogens is 1. The fourth-order valence-electron chi connectivity index (χ4n) is 1.89. The van der Waals surface area contributed by atoms with Crippen LogP contribution in [0.15, 0.2) is 34.0 Å². The van der Waals surface area contributed by atoms with Gasteiger partial charge in [0.2, 0.25) is 0 Å². The molecule has 0 saturated heterocycles. The average molecular weight is 306 g/mol. The number of aromatic nitrogens is 2. The lowest BCUT2D eigenvalue weighted by atomic mass is 10.2. The molecule has 6 heteroatoms. The molecule has 1 aromatic carbocycles. The summed E-state index contributed by atoms with van der Waals surface area (Å²) >= 11 is 3.57. The maximum atomic E-state index is 4.41. The quantitative estimate of drug-likeness (QED) is 0.877. The van der Waals surface area contributed by atoms with Crippen molar-refractivity contribution in [3.8, 4) is 0 Å². The Morgan fingerprint density at radius 2 is 2.11 bits per heavy atom. The predicted molar refractivity (Wildman–Crippen MR) is 75.8 cm³/mol. The zero-order valence-electron chi connectivity index (χ0n) is 9.89. The molecule has 0 unspecified atom stereocenters. The van der Waals surface area contributed by atoms with E-state index in [9.17, 15) is 0 Å². The highest BCUT2D eigenvalue weighted by molar-refractivity contribution is 9.10. The minimum absolute atomic E-state index is 0.837. The van der Waals surface area contributed by atoms with Crippen LogP contribution in [0.4, 0.5) is 5.69 Å². The predicted octanol–water partition coefficient (Wildman–Crippen LogP) is 2.11. The van der Waals surface area contributed by atoms with E-state index >= 15 is 0 Å². The zero-order chi connectivity index (χ0) is 12.5. The van der Waals surface area contributed by atoms with Crippen molar-refractivity contribution in [2.75, 3.05) is 25.5 Å². The van der Waals surface area contributed by atoms with Crippen LogP contribution < -0.4 is 5.32 Å². The maximum absolute atomic E-state index is 4.41. The smallest absolute Gasteiger partial charge is 0.198 e. The summed E-state index contributed by atoms with van der Waals surface area (Å²) in [7, 11) is 2.02. The number of guanidine groups is 1. The van der Waals surface area contributed by atoms with Crippen LogP contribution in [0.2, 0.25) is 0 Å². The first-order chi connectivity index (χ1) is 8.75. The molecule has 0 amide bonds. The molecule has 0 aliphatic carbocycles. The van der Waals surface area contributed by atoms with Gasteiger partial charge in [0.15, 0.2) is 5.96 Å². The molecule has 0 saturated carbocycles. The minimum Gasteiger partial charge on any atom is -0.344 e. The molecule has 1 N–H and O–H groups in total. The minimum atomic E-state index is 0.837. The summed E-state index contributed by atoms with van der Waals surface area (Å²) in [6.07, 6.45) is 3.38. The molecule has 2 heterocycles. The van der Waals surface area contributed by atoms with Gasteiger partial charge >= 0.3 is 0 Å². The van der Waals surface area contributed by atoms with Gasteiger partial charge in [0, 0.05) is 26.0 Å². The molecule has 92 valence electrons. The van der Waals surface area contributed by atoms with Crippen LogP contribution in [-0.4, -0.2) is 41.0 Å². The summed E-state index contributed by atoms with van der Waals surface area (Å²) in [4.78, 5) is 15.1. The van der Waals surface area contributed by atoms with Gasteiger partial charge in [-0.25, -0.2) is 0 Å². The monoisotopic (exact) mass is 305 g/mol. The largest absolute Gasteiger partial charge is 0.344 e. The van der Waals surface area contributed by atoms with Gasteiger partial charge in [-0.2, -0.15) is 0 Å². The van der Waals surface area contributed by atoms with Gasteiger partial charge in [0.05, 0.1) is 22.2 Å². The lowest BCUT2D eigenvalue weighted by molar-refractivity contribution is 0.555. The number of hydrogen-bond donors (Lipinski definition) is 1. The fraction of sp³-hybridized carbons (Fsp3) is 0.250. The second-order valence-corrected chi connectivity index (χ2v) is 4.90. The molecule has 1 aliphatic heterocycles. The van der Waals surface area contributed by atoms with E-state index in [0.29, 0.717) is 0 Å². The van der Waals surface area contributed by atoms with Crippen molar-refractivity contribution in [1.29, 1.82) is 0 Å². The van der Waals surface area contributed by atoms with Gasteiger partial charge < -0.3 is 10.2 Å². The SMILES string of the molecule is CN1CCN=C1Nc1ccc2nccnc2c1Br. The molecule has 3 rings (SSSR count). The van der Waals surface area contributed by atoms with Crippen molar-refractivity contribution >= 4 is 38.6 Å². The number of benzene rings is 1. The first kappa shape index (κ1) is 11.4. The molecule has 0 atom stereocenters. The molecule has 0 radical (unpaired) electrons. The zero-order valence-corrected chi connectivity index (χ0v) is 11.5. The Kier molecular flexibility index (Phi) is 2.87. The maximum Gasteiger partial charge on any atom is 0.198 e. The van der Waals surface area contributed by atoms with Crippen LogP contribution in [0.25, 0.3) is 11.0 Å². The number of nitrogens with zero attached hydrogens (tertiary/aromatic N) is 4. The summed E-state index contributed by atoms with van der Waals surface area (Å²) in [6, 6.07) is 3.93. The lowest BCUT2D eigenvalue weighted by Gasteiger charge is -2.16. The van der Waals surface area contributed by atoms with E-state index in [1.165, 1.54) is 0 Å². The van der Waals surface area contributed by atoms with Crippen molar-refractivity contribution in [3.05, 3.63) is 29.0 Å². The Bertz CT molecular complexity index is 625. The normalized spacial score (nSPS) is 15.0. The topological polar surface area (TPSA) is 53.4 Å². The highest BCUT2D eigenvalue weighted by atomic mass is 79.9. The van der Waals surface area contributed by atoms with Crippen LogP contribution in [0.3, 0.4) is 0 Å². The van der Waals surface area contributed by atoms with Gasteiger partial charge in [-0.05, 0) is 28.1 Å². The van der Waals surface area contributed by atoms with Gasteiger partial charge in [-0.3, -0.25) is 15.0 Å². The highest BCUT2D eigenvalue weighted by Crippen LogP contribution is 2.29. The van der Waals surface area contributed by atoms with E-state index in [4.69, 9.17) is 0 Å². The van der Waals surface area contributed by atoms with Crippen LogP contribution in [-0.2, 0) is 0 Å². The van der Waals surface area contributed by atoms with Crippen molar-refractivity contribution in [1.82, 2.24) is 14.9 Å². The van der Waals surface area contributed by atoms with Crippen molar-refractivity contribution in [3.63, 3.8) is 0 Å². The molecule has 5 nitrogen and oxygen atoms in total. The standard InChI is InChI=1S/C12H12BrN5/c1-18-7-6-16-12(18)17-8-2-3-9-11(10(8)13)15-5-4-14-9/h2-5H,6-7H2,1H3,(H,16,17). The van der Waals surface area contributed by atoms with E-state index in [1.807, 2.05) is 19.2 Å². The lowest BCUT2D eigenvalue weighted by Crippen LogP contribution is -2.29. The van der Waals surface area contributed by atoms with Crippen LogP contribution in [0, 0.1) is 0 Å². The second-order valence-electron chi connectivity index (χ2n) is 4.10. The molecule has 1 aliphatic rings. The Hall–Kier alpha value is -1.69. The molecule has 18 heavy (non-hydrogen) atoms. The molecule has 1 aromatic heterocycles. The Labute approximate surface area is 113 Å². The van der Waals surface area contributed by atoms with Crippen molar-refractivity contribution < 1.29 is 0 Å². The summed E-state index contributed by atoms with van der Waals surface area (Å²) in [5, 5.41) is 3.31. The molecular weight excluding hydrogens is 294 g/mol. The third-order valence-electron chi connectivity index (χ3n) is 2.88. The summed E-state index contributed by atoms with van der Waals surface area (Å²) in [5.41, 5.74) is 2.68. The van der Waals surface area contributed by atoms with Crippen molar-refractivity contribution in [2.24, 2.45) is 4.99 Å². The van der Waals surface area contributed by atoms with Crippen LogP contribution in [0.5, 0.6) is 0 Å². The Balaban J connectivity index is 2.00. The first-order valence-corrected chi connectivity index (χ1v) is 6.47. The summed E-state index contributed by atoms with van der Waals surface area (Å²) < 4.78 is 0.913. The molecule has 0 spiro atoms. The number of aliphatic imine (C=N–C) groups is 1.